The smallest absolute Gasteiger partial charge is 0.223 e. The van der Waals surface area contributed by atoms with Crippen molar-refractivity contribution in [2.75, 3.05) is 13.1 Å². The van der Waals surface area contributed by atoms with Crippen LogP contribution < -0.4 is 17.0 Å². The second-order valence-electron chi connectivity index (χ2n) is 9.01. The van der Waals surface area contributed by atoms with Gasteiger partial charge in [0, 0.05) is 31.9 Å². The third-order valence-electron chi connectivity index (χ3n) is 5.07. The van der Waals surface area contributed by atoms with Gasteiger partial charge in [-0.3, -0.25) is 26.0 Å². The highest BCUT2D eigenvalue weighted by atomic mass is 16.3. The molecule has 1 aliphatic rings. The van der Waals surface area contributed by atoms with Crippen LogP contribution in [0.3, 0.4) is 0 Å². The number of hydrogen-bond donors (Lipinski definition) is 4. The second kappa shape index (κ2) is 11.8. The van der Waals surface area contributed by atoms with Crippen LogP contribution in [0.1, 0.15) is 57.8 Å². The van der Waals surface area contributed by atoms with E-state index >= 15 is 0 Å². The Balaban J connectivity index is 0.000000293. The van der Waals surface area contributed by atoms with E-state index in [-0.39, 0.29) is 23.5 Å². The number of amides is 2. The van der Waals surface area contributed by atoms with E-state index in [9.17, 15) is 14.7 Å². The lowest BCUT2D eigenvalue weighted by Gasteiger charge is -2.22. The predicted octanol–water partition coefficient (Wildman–Crippen LogP) is 1.52. The van der Waals surface area contributed by atoms with Crippen LogP contribution in [0.25, 0.3) is 10.9 Å². The summed E-state index contributed by atoms with van der Waals surface area (Å²) in [4.78, 5) is 23.8. The molecule has 0 bridgehead atoms. The molecule has 0 aliphatic carbocycles. The normalized spacial score (nSPS) is 16.7. The van der Waals surface area contributed by atoms with E-state index in [1.165, 1.54) is 0 Å². The molecule has 2 amide bonds. The monoisotopic (exact) mass is 434 g/mol. The summed E-state index contributed by atoms with van der Waals surface area (Å²) in [5, 5.41) is 17.5. The minimum Gasteiger partial charge on any atom is -0.391 e. The van der Waals surface area contributed by atoms with E-state index in [2.05, 4.69) is 48.9 Å². The van der Waals surface area contributed by atoms with Crippen molar-refractivity contribution in [1.29, 1.82) is 0 Å². The Kier molecular flexibility index (Phi) is 10.1. The Hall–Kier alpha value is -2.49. The van der Waals surface area contributed by atoms with Gasteiger partial charge in [-0.15, -0.1) is 0 Å². The van der Waals surface area contributed by atoms with Crippen molar-refractivity contribution in [1.82, 2.24) is 20.0 Å². The summed E-state index contributed by atoms with van der Waals surface area (Å²) in [5.41, 5.74) is 3.26. The van der Waals surface area contributed by atoms with Gasteiger partial charge in [-0.25, -0.2) is 0 Å². The van der Waals surface area contributed by atoms with Gasteiger partial charge in [0.15, 0.2) is 0 Å². The molecule has 2 unspecified atom stereocenters. The highest BCUT2D eigenvalue weighted by Gasteiger charge is 2.27. The van der Waals surface area contributed by atoms with Crippen LogP contribution in [-0.2, 0) is 16.6 Å². The van der Waals surface area contributed by atoms with Crippen molar-refractivity contribution in [3.8, 4) is 0 Å². The first-order valence-electron chi connectivity index (χ1n) is 10.4. The first kappa shape index (κ1) is 26.5. The zero-order valence-electron chi connectivity index (χ0n) is 19.6. The number of carbonyl (C=O) groups excluding carboxylic acids is 2. The molecule has 6 N–H and O–H groups in total. The number of β-amino-alcohol motifs (C(OH)–C–C–N with tert-alkyl or cyclic N) is 1. The summed E-state index contributed by atoms with van der Waals surface area (Å²) in [6, 6.07) is 6.17. The van der Waals surface area contributed by atoms with Gasteiger partial charge in [0.25, 0.3) is 0 Å². The molecule has 9 nitrogen and oxygen atoms in total. The van der Waals surface area contributed by atoms with Crippen LogP contribution in [0.5, 0.6) is 0 Å². The molecule has 0 radical (unpaired) electrons. The topological polar surface area (TPSA) is 140 Å². The maximum atomic E-state index is 11.6. The molecule has 2 aromatic rings. The zero-order valence-corrected chi connectivity index (χ0v) is 19.6. The number of hydrazine groups is 1. The van der Waals surface area contributed by atoms with Crippen LogP contribution in [0.2, 0.25) is 0 Å². The molecule has 2 atom stereocenters. The first-order valence-corrected chi connectivity index (χ1v) is 10.4. The number of likely N-dealkylation sites (tertiary alicyclic amines) is 1. The summed E-state index contributed by atoms with van der Waals surface area (Å²) < 4.78 is 1.87. The number of aryl methyl sites for hydroxylation is 2. The fraction of sp³-hybridized carbons (Fsp3) is 0.591. The van der Waals surface area contributed by atoms with Gasteiger partial charge in [-0.1, -0.05) is 26.8 Å². The Morgan fingerprint density at radius 3 is 2.55 bits per heavy atom. The summed E-state index contributed by atoms with van der Waals surface area (Å²) >= 11 is 0. The van der Waals surface area contributed by atoms with Crippen molar-refractivity contribution in [2.24, 2.45) is 24.1 Å². The molecule has 2 heterocycles. The van der Waals surface area contributed by atoms with E-state index in [0.717, 1.165) is 41.5 Å². The Bertz CT molecular complexity index is 859. The number of benzene rings is 1. The molecule has 1 aromatic carbocycles. The van der Waals surface area contributed by atoms with E-state index in [4.69, 9.17) is 0 Å². The van der Waals surface area contributed by atoms with Crippen LogP contribution in [-0.4, -0.2) is 51.3 Å². The molecule has 1 fully saturated rings. The second-order valence-corrected chi connectivity index (χ2v) is 9.01. The minimum atomic E-state index is -0.302. The van der Waals surface area contributed by atoms with Crippen LogP contribution in [0.15, 0.2) is 18.2 Å². The van der Waals surface area contributed by atoms with Gasteiger partial charge in [-0.05, 0) is 43.4 Å². The number of hydrogen-bond acceptors (Lipinski definition) is 6. The van der Waals surface area contributed by atoms with Gasteiger partial charge in [-0.2, -0.15) is 5.10 Å². The molecule has 1 aromatic heterocycles. The molecule has 1 aliphatic heterocycles. The lowest BCUT2D eigenvalue weighted by molar-refractivity contribution is -0.132. The fourth-order valence-corrected chi connectivity index (χ4v) is 3.46. The standard InChI is InChI=1S/C12H15N3O.C10H19NO2.H4N2/c1-8(13-7-16)10-4-5-12-11(6-10)9(2)14-15(12)3;1-10(2,3)6-9(13)11-5-4-8(12)7-11;1-2/h4-8H,1-3H3,(H,13,16);8,12H,4-7H2,1-3H3;1-2H2. The highest BCUT2D eigenvalue weighted by Crippen LogP contribution is 2.23. The summed E-state index contributed by atoms with van der Waals surface area (Å²) in [5.74, 6) is 8.17. The molecule has 0 saturated carbocycles. The van der Waals surface area contributed by atoms with E-state index in [1.54, 1.807) is 4.90 Å². The van der Waals surface area contributed by atoms with Crippen molar-refractivity contribution >= 4 is 23.2 Å². The Labute approximate surface area is 184 Å². The molecule has 1 saturated heterocycles. The van der Waals surface area contributed by atoms with E-state index in [0.29, 0.717) is 13.0 Å². The number of fused-ring (bicyclic) bond motifs is 1. The van der Waals surface area contributed by atoms with Gasteiger partial charge < -0.3 is 15.3 Å². The van der Waals surface area contributed by atoms with Crippen molar-refractivity contribution in [3.05, 3.63) is 29.5 Å². The van der Waals surface area contributed by atoms with Crippen molar-refractivity contribution in [3.63, 3.8) is 0 Å². The number of aromatic nitrogens is 2. The van der Waals surface area contributed by atoms with Gasteiger partial charge in [0.05, 0.1) is 23.4 Å². The molecular formula is C22H38N6O3. The largest absolute Gasteiger partial charge is 0.391 e. The average molecular weight is 435 g/mol. The third-order valence-corrected chi connectivity index (χ3v) is 5.07. The maximum absolute atomic E-state index is 11.6. The van der Waals surface area contributed by atoms with Gasteiger partial charge >= 0.3 is 0 Å². The zero-order chi connectivity index (χ0) is 23.8. The van der Waals surface area contributed by atoms with Crippen molar-refractivity contribution in [2.45, 2.75) is 59.6 Å². The van der Waals surface area contributed by atoms with Gasteiger partial charge in [0.2, 0.25) is 12.3 Å². The lowest BCUT2D eigenvalue weighted by atomic mass is 9.92. The Morgan fingerprint density at radius 2 is 2.03 bits per heavy atom. The number of carbonyl (C=O) groups is 2. The quantitative estimate of drug-likeness (QED) is 0.327. The molecule has 31 heavy (non-hydrogen) atoms. The molecule has 9 heteroatoms. The van der Waals surface area contributed by atoms with Gasteiger partial charge in [0.1, 0.15) is 0 Å². The molecule has 174 valence electrons. The molecule has 0 spiro atoms. The minimum absolute atomic E-state index is 0.0292. The number of nitrogens with zero attached hydrogens (tertiary/aromatic N) is 3. The SMILES string of the molecule is CC(C)(C)CC(=O)N1CCC(O)C1.Cc1nn(C)c2ccc(C(C)NC=O)cc12.NN. The third kappa shape index (κ3) is 7.93. The molecular weight excluding hydrogens is 396 g/mol. The van der Waals surface area contributed by atoms with E-state index < -0.39 is 0 Å². The first-order chi connectivity index (χ1) is 14.5. The van der Waals surface area contributed by atoms with E-state index in [1.807, 2.05) is 37.7 Å². The fourth-order valence-electron chi connectivity index (χ4n) is 3.46. The number of rotatable bonds is 4. The lowest BCUT2D eigenvalue weighted by Crippen LogP contribution is -2.32. The van der Waals surface area contributed by atoms with Crippen LogP contribution >= 0.6 is 0 Å². The van der Waals surface area contributed by atoms with Crippen LogP contribution in [0.4, 0.5) is 0 Å². The summed E-state index contributed by atoms with van der Waals surface area (Å²) in [6.45, 7) is 11.3. The number of nitrogens with one attached hydrogen (secondary N) is 1. The highest BCUT2D eigenvalue weighted by molar-refractivity contribution is 5.82. The maximum Gasteiger partial charge on any atom is 0.223 e. The number of nitrogens with two attached hydrogens (primary N) is 2. The summed E-state index contributed by atoms with van der Waals surface area (Å²) in [6.07, 6.45) is 1.73. The predicted molar refractivity (Wildman–Crippen MR) is 123 cm³/mol. The number of aliphatic hydroxyl groups is 1. The van der Waals surface area contributed by atoms with Crippen molar-refractivity contribution < 1.29 is 14.7 Å². The molecule has 3 rings (SSSR count). The summed E-state index contributed by atoms with van der Waals surface area (Å²) in [7, 11) is 1.93. The average Bonchev–Trinajstić information content (AvgIpc) is 3.26. The van der Waals surface area contributed by atoms with Crippen LogP contribution in [0, 0.1) is 12.3 Å². The Morgan fingerprint density at radius 1 is 1.39 bits per heavy atom. The number of aliphatic hydroxyl groups excluding tert-OH is 1.